The van der Waals surface area contributed by atoms with Crippen LogP contribution in [0.3, 0.4) is 0 Å². The molecule has 0 aliphatic rings. The molecular formula is C45H28N2O2. The second-order valence-corrected chi connectivity index (χ2v) is 12.4. The predicted octanol–water partition coefficient (Wildman–Crippen LogP) is 12.8. The lowest BCUT2D eigenvalue weighted by Crippen LogP contribution is -2.09. The minimum Gasteiger partial charge on any atom is -0.456 e. The Kier molecular flexibility index (Phi) is 6.15. The molecule has 0 atom stereocenters. The first kappa shape index (κ1) is 27.5. The molecule has 0 aliphatic carbocycles. The van der Waals surface area contributed by atoms with Crippen LogP contribution in [0.1, 0.15) is 0 Å². The molecular weight excluding hydrogens is 601 g/mol. The van der Waals surface area contributed by atoms with E-state index < -0.39 is 0 Å². The number of nitrogens with zero attached hydrogens (tertiary/aromatic N) is 2. The quantitative estimate of drug-likeness (QED) is 0.178. The fourth-order valence-electron chi connectivity index (χ4n) is 7.20. The second-order valence-electron chi connectivity index (χ2n) is 12.4. The van der Waals surface area contributed by atoms with Crippen LogP contribution in [-0.4, -0.2) is 4.98 Å². The van der Waals surface area contributed by atoms with Gasteiger partial charge in [0.1, 0.15) is 16.7 Å². The molecule has 230 valence electrons. The van der Waals surface area contributed by atoms with Crippen molar-refractivity contribution >= 4 is 71.6 Å². The van der Waals surface area contributed by atoms with Crippen molar-refractivity contribution in [3.8, 4) is 22.6 Å². The molecule has 0 fully saturated rings. The standard InChI is InChI=1S/C45H28N2O2/c1-4-12-29(13-5-1)37-26-31-20-24-42-44(46-45(49-42)30-14-6-2-7-15-30)43(31)39-28-33(21-23-35(37)39)47(32-16-8-3-9-17-32)34-22-25-41-38(27-34)36-18-10-11-19-40(36)48-41/h1-28H. The fraction of sp³-hybridized carbons (Fsp3) is 0. The van der Waals surface area contributed by atoms with Crippen LogP contribution in [0.4, 0.5) is 17.1 Å². The third kappa shape index (κ3) is 4.49. The maximum Gasteiger partial charge on any atom is 0.227 e. The summed E-state index contributed by atoms with van der Waals surface area (Å²) in [7, 11) is 0. The van der Waals surface area contributed by atoms with Crippen LogP contribution in [0.5, 0.6) is 0 Å². The average Bonchev–Trinajstić information content (AvgIpc) is 3.77. The Balaban J connectivity index is 1.26. The molecule has 8 aromatic carbocycles. The third-order valence-electron chi connectivity index (χ3n) is 9.45. The Morgan fingerprint density at radius 1 is 0.408 bits per heavy atom. The van der Waals surface area contributed by atoms with Gasteiger partial charge >= 0.3 is 0 Å². The van der Waals surface area contributed by atoms with Crippen molar-refractivity contribution in [1.29, 1.82) is 0 Å². The monoisotopic (exact) mass is 628 g/mol. The van der Waals surface area contributed by atoms with E-state index in [2.05, 4.69) is 126 Å². The van der Waals surface area contributed by atoms with Gasteiger partial charge in [-0.05, 0) is 100 Å². The molecule has 0 unspecified atom stereocenters. The highest BCUT2D eigenvalue weighted by Gasteiger charge is 2.20. The van der Waals surface area contributed by atoms with E-state index in [0.29, 0.717) is 5.89 Å². The number of furan rings is 1. The van der Waals surface area contributed by atoms with Crippen molar-refractivity contribution in [3.63, 3.8) is 0 Å². The Labute approximate surface area is 282 Å². The van der Waals surface area contributed by atoms with E-state index in [-0.39, 0.29) is 0 Å². The number of anilines is 3. The van der Waals surface area contributed by atoms with Crippen molar-refractivity contribution in [2.45, 2.75) is 0 Å². The van der Waals surface area contributed by atoms with Crippen LogP contribution in [0, 0.1) is 0 Å². The van der Waals surface area contributed by atoms with Gasteiger partial charge in [0.2, 0.25) is 5.89 Å². The Morgan fingerprint density at radius 3 is 1.84 bits per heavy atom. The number of fused-ring (bicyclic) bond motifs is 8. The van der Waals surface area contributed by atoms with Gasteiger partial charge in [0, 0.05) is 38.8 Å². The van der Waals surface area contributed by atoms with Crippen LogP contribution < -0.4 is 4.90 Å². The number of rotatable bonds is 5. The summed E-state index contributed by atoms with van der Waals surface area (Å²) in [5.41, 5.74) is 9.84. The van der Waals surface area contributed by atoms with Gasteiger partial charge in [-0.25, -0.2) is 4.98 Å². The minimum absolute atomic E-state index is 0.617. The molecule has 10 rings (SSSR count). The zero-order chi connectivity index (χ0) is 32.3. The zero-order valence-electron chi connectivity index (χ0n) is 26.4. The zero-order valence-corrected chi connectivity index (χ0v) is 26.4. The van der Waals surface area contributed by atoms with Crippen LogP contribution in [0.15, 0.2) is 179 Å². The van der Waals surface area contributed by atoms with Crippen molar-refractivity contribution in [2.24, 2.45) is 0 Å². The number of benzene rings is 8. The molecule has 4 heteroatoms. The molecule has 0 radical (unpaired) electrons. The first-order valence-corrected chi connectivity index (χ1v) is 16.5. The lowest BCUT2D eigenvalue weighted by molar-refractivity contribution is 0.620. The highest BCUT2D eigenvalue weighted by atomic mass is 16.3. The molecule has 4 nitrogen and oxygen atoms in total. The van der Waals surface area contributed by atoms with Gasteiger partial charge in [0.05, 0.1) is 0 Å². The molecule has 0 N–H and O–H groups in total. The van der Waals surface area contributed by atoms with E-state index >= 15 is 0 Å². The number of hydrogen-bond acceptors (Lipinski definition) is 4. The molecule has 49 heavy (non-hydrogen) atoms. The topological polar surface area (TPSA) is 42.4 Å². The summed E-state index contributed by atoms with van der Waals surface area (Å²) in [5, 5.41) is 6.65. The van der Waals surface area contributed by atoms with Crippen LogP contribution in [0.25, 0.3) is 77.2 Å². The maximum atomic E-state index is 6.38. The van der Waals surface area contributed by atoms with E-state index in [1.807, 2.05) is 48.5 Å². The summed E-state index contributed by atoms with van der Waals surface area (Å²) in [5.74, 6) is 0.617. The second kappa shape index (κ2) is 11.0. The van der Waals surface area contributed by atoms with Gasteiger partial charge in [0.15, 0.2) is 5.58 Å². The molecule has 0 amide bonds. The largest absolute Gasteiger partial charge is 0.456 e. The summed E-state index contributed by atoms with van der Waals surface area (Å²) in [6.07, 6.45) is 0. The summed E-state index contributed by atoms with van der Waals surface area (Å²) >= 11 is 0. The fourth-order valence-corrected chi connectivity index (χ4v) is 7.20. The van der Waals surface area contributed by atoms with Gasteiger partial charge in [-0.15, -0.1) is 0 Å². The molecule has 0 aliphatic heterocycles. The van der Waals surface area contributed by atoms with Gasteiger partial charge in [-0.3, -0.25) is 0 Å². The molecule has 2 aromatic heterocycles. The highest BCUT2D eigenvalue weighted by molar-refractivity contribution is 6.22. The van der Waals surface area contributed by atoms with Gasteiger partial charge in [0.25, 0.3) is 0 Å². The normalized spacial score (nSPS) is 11.7. The number of oxazole rings is 1. The van der Waals surface area contributed by atoms with Gasteiger partial charge in [-0.2, -0.15) is 0 Å². The third-order valence-corrected chi connectivity index (χ3v) is 9.45. The van der Waals surface area contributed by atoms with Crippen LogP contribution >= 0.6 is 0 Å². The summed E-state index contributed by atoms with van der Waals surface area (Å²) < 4.78 is 12.6. The molecule has 10 aromatic rings. The molecule has 0 saturated heterocycles. The van der Waals surface area contributed by atoms with Crippen molar-refractivity contribution in [1.82, 2.24) is 4.98 Å². The SMILES string of the molecule is c1ccc(-c2nc3c(ccc4cc(-c5ccccc5)c5ccc(N(c6ccccc6)c6ccc7oc8ccccc8c7c6)cc5c43)o2)cc1. The van der Waals surface area contributed by atoms with E-state index in [9.17, 15) is 0 Å². The van der Waals surface area contributed by atoms with Gasteiger partial charge < -0.3 is 13.7 Å². The van der Waals surface area contributed by atoms with Crippen LogP contribution in [0.2, 0.25) is 0 Å². The first-order valence-electron chi connectivity index (χ1n) is 16.5. The number of aromatic nitrogens is 1. The number of para-hydroxylation sites is 2. The molecule has 0 spiro atoms. The summed E-state index contributed by atoms with van der Waals surface area (Å²) in [6, 6.07) is 59.2. The van der Waals surface area contributed by atoms with E-state index in [1.54, 1.807) is 0 Å². The van der Waals surface area contributed by atoms with Crippen molar-refractivity contribution in [2.75, 3.05) is 4.90 Å². The smallest absolute Gasteiger partial charge is 0.227 e. The highest BCUT2D eigenvalue weighted by Crippen LogP contribution is 2.44. The van der Waals surface area contributed by atoms with E-state index in [0.717, 1.165) is 77.2 Å². The lowest BCUT2D eigenvalue weighted by atomic mass is 9.92. The van der Waals surface area contributed by atoms with E-state index in [1.165, 1.54) is 11.1 Å². The van der Waals surface area contributed by atoms with Crippen molar-refractivity contribution in [3.05, 3.63) is 170 Å². The Bertz CT molecular complexity index is 2820. The summed E-state index contributed by atoms with van der Waals surface area (Å²) in [4.78, 5) is 7.44. The Morgan fingerprint density at radius 2 is 1.04 bits per heavy atom. The van der Waals surface area contributed by atoms with Crippen LogP contribution in [-0.2, 0) is 0 Å². The lowest BCUT2D eigenvalue weighted by Gasteiger charge is -2.26. The van der Waals surface area contributed by atoms with Crippen molar-refractivity contribution < 1.29 is 8.83 Å². The molecule has 0 saturated carbocycles. The van der Waals surface area contributed by atoms with Gasteiger partial charge in [-0.1, -0.05) is 97.1 Å². The van der Waals surface area contributed by atoms with E-state index in [4.69, 9.17) is 13.8 Å². The predicted molar refractivity (Wildman–Crippen MR) is 202 cm³/mol. The first-order chi connectivity index (χ1) is 24.3. The minimum atomic E-state index is 0.617. The summed E-state index contributed by atoms with van der Waals surface area (Å²) in [6.45, 7) is 0. The molecule has 2 heterocycles. The average molecular weight is 629 g/mol. The number of hydrogen-bond donors (Lipinski definition) is 0. The molecule has 0 bridgehead atoms. The maximum absolute atomic E-state index is 6.38. The Hall–Kier alpha value is -6.65.